The van der Waals surface area contributed by atoms with Crippen molar-refractivity contribution in [1.82, 2.24) is 24.2 Å². The van der Waals surface area contributed by atoms with Crippen LogP contribution in [0.5, 0.6) is 0 Å². The number of piperazine rings is 1. The molecule has 184 valence electrons. The van der Waals surface area contributed by atoms with E-state index in [2.05, 4.69) is 10.00 Å². The molecular weight excluding hydrogens is 496 g/mol. The van der Waals surface area contributed by atoms with Crippen LogP contribution in [0.15, 0.2) is 64.7 Å². The standard InChI is InChI=1S/C26H25ClN6O2S/c1-17-5-7-19(8-6-17)33-24-22(15-28-33)25(35)32-21(16-36-26(32)29-24)14-23(34)31-11-9-30(10-12-31)20-4-2-3-18(27)13-20/h2-8,13,15,21H,9-12,14,16H2,1H3. The zero-order chi connectivity index (χ0) is 24.8. The minimum absolute atomic E-state index is 0.0709. The molecule has 4 aromatic rings. The summed E-state index contributed by atoms with van der Waals surface area (Å²) in [6, 6.07) is 15.5. The van der Waals surface area contributed by atoms with Crippen LogP contribution in [0.25, 0.3) is 16.7 Å². The van der Waals surface area contributed by atoms with E-state index in [9.17, 15) is 9.59 Å². The van der Waals surface area contributed by atoms with Gasteiger partial charge in [0, 0.05) is 49.1 Å². The Hall–Kier alpha value is -3.30. The summed E-state index contributed by atoms with van der Waals surface area (Å²) in [6.07, 6.45) is 1.87. The maximum Gasteiger partial charge on any atom is 0.265 e. The monoisotopic (exact) mass is 520 g/mol. The van der Waals surface area contributed by atoms with E-state index >= 15 is 0 Å². The molecule has 1 amide bonds. The molecular formula is C26H25ClN6O2S. The van der Waals surface area contributed by atoms with E-state index in [1.54, 1.807) is 15.4 Å². The number of amides is 1. The van der Waals surface area contributed by atoms with Crippen LogP contribution in [0, 0.1) is 6.92 Å². The Labute approximate surface area is 217 Å². The molecule has 2 aliphatic heterocycles. The number of rotatable bonds is 4. The average Bonchev–Trinajstić information content (AvgIpc) is 3.50. The van der Waals surface area contributed by atoms with Gasteiger partial charge in [0.15, 0.2) is 10.8 Å². The van der Waals surface area contributed by atoms with Gasteiger partial charge in [-0.25, -0.2) is 9.67 Å². The summed E-state index contributed by atoms with van der Waals surface area (Å²) in [5.74, 6) is 0.725. The lowest BCUT2D eigenvalue weighted by molar-refractivity contribution is -0.132. The van der Waals surface area contributed by atoms with Gasteiger partial charge in [0.05, 0.1) is 17.9 Å². The Morgan fingerprint density at radius 3 is 2.61 bits per heavy atom. The predicted molar refractivity (Wildman–Crippen MR) is 142 cm³/mol. The summed E-state index contributed by atoms with van der Waals surface area (Å²) in [5.41, 5.74) is 3.49. The lowest BCUT2D eigenvalue weighted by Gasteiger charge is -2.36. The number of carbonyl (C=O) groups excluding carboxylic acids is 1. The lowest BCUT2D eigenvalue weighted by Crippen LogP contribution is -2.49. The molecule has 0 saturated carbocycles. The number of anilines is 1. The molecule has 2 aromatic carbocycles. The highest BCUT2D eigenvalue weighted by molar-refractivity contribution is 7.99. The average molecular weight is 521 g/mol. The van der Waals surface area contributed by atoms with Gasteiger partial charge in [-0.3, -0.25) is 14.2 Å². The summed E-state index contributed by atoms with van der Waals surface area (Å²) < 4.78 is 3.39. The van der Waals surface area contributed by atoms with Gasteiger partial charge >= 0.3 is 0 Å². The molecule has 1 atom stereocenters. The maximum atomic E-state index is 13.4. The van der Waals surface area contributed by atoms with Crippen molar-refractivity contribution in [1.29, 1.82) is 0 Å². The molecule has 8 nitrogen and oxygen atoms in total. The van der Waals surface area contributed by atoms with Crippen molar-refractivity contribution < 1.29 is 4.79 Å². The molecule has 1 saturated heterocycles. The van der Waals surface area contributed by atoms with Crippen molar-refractivity contribution in [2.75, 3.05) is 36.8 Å². The van der Waals surface area contributed by atoms with Crippen LogP contribution in [0.1, 0.15) is 18.0 Å². The molecule has 2 aliphatic rings. The molecule has 0 spiro atoms. The SMILES string of the molecule is Cc1ccc(-n2ncc3c(=O)n4c(nc32)SCC4CC(=O)N2CCN(c3cccc(Cl)c3)CC2)cc1. The minimum Gasteiger partial charge on any atom is -0.368 e. The van der Waals surface area contributed by atoms with E-state index in [0.29, 0.717) is 40.1 Å². The second kappa shape index (κ2) is 9.29. The third-order valence-electron chi connectivity index (χ3n) is 6.87. The van der Waals surface area contributed by atoms with E-state index in [1.807, 2.05) is 60.4 Å². The molecule has 0 radical (unpaired) electrons. The number of aryl methyl sites for hydroxylation is 1. The number of thioether (sulfide) groups is 1. The number of fused-ring (bicyclic) bond motifs is 2. The van der Waals surface area contributed by atoms with Crippen molar-refractivity contribution in [3.63, 3.8) is 0 Å². The van der Waals surface area contributed by atoms with E-state index < -0.39 is 0 Å². The molecule has 1 unspecified atom stereocenters. The Morgan fingerprint density at radius 1 is 1.08 bits per heavy atom. The van der Waals surface area contributed by atoms with Gasteiger partial charge in [0.25, 0.3) is 5.56 Å². The Balaban J connectivity index is 1.18. The minimum atomic E-state index is -0.212. The fourth-order valence-electron chi connectivity index (χ4n) is 4.87. The van der Waals surface area contributed by atoms with Crippen molar-refractivity contribution in [2.24, 2.45) is 0 Å². The topological polar surface area (TPSA) is 76.3 Å². The van der Waals surface area contributed by atoms with Gasteiger partial charge in [0.2, 0.25) is 5.91 Å². The van der Waals surface area contributed by atoms with Gasteiger partial charge in [-0.1, -0.05) is 47.1 Å². The molecule has 10 heteroatoms. The van der Waals surface area contributed by atoms with Crippen LogP contribution in [-0.4, -0.2) is 62.1 Å². The Kier molecular flexibility index (Phi) is 5.97. The van der Waals surface area contributed by atoms with Crippen LogP contribution in [-0.2, 0) is 4.79 Å². The zero-order valence-corrected chi connectivity index (χ0v) is 21.4. The Morgan fingerprint density at radius 2 is 1.86 bits per heavy atom. The van der Waals surface area contributed by atoms with Crippen LogP contribution in [0.3, 0.4) is 0 Å². The van der Waals surface area contributed by atoms with Crippen molar-refractivity contribution in [3.05, 3.63) is 75.7 Å². The summed E-state index contributed by atoms with van der Waals surface area (Å²) in [6.45, 7) is 4.83. The third-order valence-corrected chi connectivity index (χ3v) is 8.20. The zero-order valence-electron chi connectivity index (χ0n) is 19.8. The summed E-state index contributed by atoms with van der Waals surface area (Å²) in [7, 11) is 0. The first-order chi connectivity index (χ1) is 17.5. The number of benzene rings is 2. The van der Waals surface area contributed by atoms with E-state index in [-0.39, 0.29) is 23.9 Å². The summed E-state index contributed by atoms with van der Waals surface area (Å²) in [5, 5.41) is 6.26. The highest BCUT2D eigenvalue weighted by Gasteiger charge is 2.32. The quantitative estimate of drug-likeness (QED) is 0.379. The molecule has 6 rings (SSSR count). The number of carbonyl (C=O) groups is 1. The number of hydrogen-bond donors (Lipinski definition) is 0. The molecule has 1 fully saturated rings. The first kappa shape index (κ1) is 23.1. The second-order valence-corrected chi connectivity index (χ2v) is 10.6. The molecule has 36 heavy (non-hydrogen) atoms. The number of halogens is 1. The largest absolute Gasteiger partial charge is 0.368 e. The van der Waals surface area contributed by atoms with Gasteiger partial charge in [0.1, 0.15) is 5.39 Å². The first-order valence-corrected chi connectivity index (χ1v) is 13.3. The molecule has 4 heterocycles. The van der Waals surface area contributed by atoms with Crippen LogP contribution in [0.4, 0.5) is 5.69 Å². The second-order valence-electron chi connectivity index (χ2n) is 9.22. The maximum absolute atomic E-state index is 13.4. The van der Waals surface area contributed by atoms with E-state index in [1.165, 1.54) is 11.8 Å². The first-order valence-electron chi connectivity index (χ1n) is 12.0. The van der Waals surface area contributed by atoms with Gasteiger partial charge in [-0.05, 0) is 37.3 Å². The lowest BCUT2D eigenvalue weighted by atomic mass is 10.1. The molecule has 0 N–H and O–H groups in total. The predicted octanol–water partition coefficient (Wildman–Crippen LogP) is 3.93. The summed E-state index contributed by atoms with van der Waals surface area (Å²) >= 11 is 7.66. The molecule has 0 bridgehead atoms. The highest BCUT2D eigenvalue weighted by Crippen LogP contribution is 2.34. The van der Waals surface area contributed by atoms with Crippen LogP contribution >= 0.6 is 23.4 Å². The van der Waals surface area contributed by atoms with Crippen molar-refractivity contribution >= 4 is 46.0 Å². The summed E-state index contributed by atoms with van der Waals surface area (Å²) in [4.78, 5) is 35.5. The number of hydrogen-bond acceptors (Lipinski definition) is 6. The smallest absolute Gasteiger partial charge is 0.265 e. The fourth-order valence-corrected chi connectivity index (χ4v) is 6.19. The Bertz CT molecular complexity index is 1510. The normalized spacial score (nSPS) is 17.6. The van der Waals surface area contributed by atoms with Gasteiger partial charge in [-0.2, -0.15) is 5.10 Å². The number of nitrogens with zero attached hydrogens (tertiary/aromatic N) is 6. The van der Waals surface area contributed by atoms with E-state index in [4.69, 9.17) is 16.6 Å². The van der Waals surface area contributed by atoms with Gasteiger partial charge < -0.3 is 9.80 Å². The highest BCUT2D eigenvalue weighted by atomic mass is 35.5. The third kappa shape index (κ3) is 4.16. The molecule has 2 aromatic heterocycles. The molecule has 0 aliphatic carbocycles. The van der Waals surface area contributed by atoms with Crippen LogP contribution in [0.2, 0.25) is 5.02 Å². The van der Waals surface area contributed by atoms with Crippen molar-refractivity contribution in [2.45, 2.75) is 24.5 Å². The van der Waals surface area contributed by atoms with Crippen molar-refractivity contribution in [3.8, 4) is 5.69 Å². The number of aromatic nitrogens is 4. The van der Waals surface area contributed by atoms with E-state index in [0.717, 1.165) is 30.0 Å². The van der Waals surface area contributed by atoms with Gasteiger partial charge in [-0.15, -0.1) is 0 Å². The van der Waals surface area contributed by atoms with Crippen LogP contribution < -0.4 is 10.5 Å². The fraction of sp³-hybridized carbons (Fsp3) is 0.308.